The van der Waals surface area contributed by atoms with Crippen molar-refractivity contribution in [3.05, 3.63) is 35.9 Å². The molecule has 1 amide bonds. The second kappa shape index (κ2) is 7.45. The molecule has 4 atom stereocenters. The summed E-state index contributed by atoms with van der Waals surface area (Å²) in [5, 5.41) is 6.20. The van der Waals surface area contributed by atoms with Crippen molar-refractivity contribution in [3.8, 4) is 0 Å². The van der Waals surface area contributed by atoms with Crippen LogP contribution in [-0.4, -0.2) is 44.1 Å². The fourth-order valence-corrected chi connectivity index (χ4v) is 4.23. The first-order valence-electron chi connectivity index (χ1n) is 8.81. The summed E-state index contributed by atoms with van der Waals surface area (Å²) in [6.45, 7) is 0.551. The maximum Gasteiger partial charge on any atom is 0.312 e. The Hall–Kier alpha value is -2.41. The van der Waals surface area contributed by atoms with Crippen LogP contribution < -0.4 is 10.6 Å². The minimum absolute atomic E-state index is 0.266. The lowest BCUT2D eigenvalue weighted by atomic mass is 9.75. The van der Waals surface area contributed by atoms with Gasteiger partial charge in [0.05, 0.1) is 26.1 Å². The minimum atomic E-state index is -1.19. The van der Waals surface area contributed by atoms with Crippen LogP contribution in [0.2, 0.25) is 0 Å². The second-order valence-electron chi connectivity index (χ2n) is 6.77. The van der Waals surface area contributed by atoms with Crippen LogP contribution in [0.1, 0.15) is 30.9 Å². The highest BCUT2D eigenvalue weighted by Gasteiger charge is 2.63. The molecule has 2 aliphatic heterocycles. The van der Waals surface area contributed by atoms with Crippen molar-refractivity contribution in [1.29, 1.82) is 0 Å². The van der Waals surface area contributed by atoms with Gasteiger partial charge in [0.2, 0.25) is 5.91 Å². The normalized spacial score (nSPS) is 31.2. The van der Waals surface area contributed by atoms with Crippen molar-refractivity contribution in [3.63, 3.8) is 0 Å². The van der Waals surface area contributed by atoms with Crippen LogP contribution in [0.3, 0.4) is 0 Å². The largest absolute Gasteiger partial charge is 0.469 e. The highest BCUT2D eigenvalue weighted by molar-refractivity contribution is 5.96. The summed E-state index contributed by atoms with van der Waals surface area (Å²) in [6.07, 6.45) is 2.03. The highest BCUT2D eigenvalue weighted by Crippen LogP contribution is 2.47. The van der Waals surface area contributed by atoms with Crippen molar-refractivity contribution < 1.29 is 23.9 Å². The maximum atomic E-state index is 13.0. The molecule has 26 heavy (non-hydrogen) atoms. The number of hydrogen-bond acceptors (Lipinski definition) is 6. The van der Waals surface area contributed by atoms with Gasteiger partial charge in [0.1, 0.15) is 5.54 Å². The number of esters is 2. The molecule has 2 N–H and O–H groups in total. The summed E-state index contributed by atoms with van der Waals surface area (Å²) >= 11 is 0. The molecule has 7 nitrogen and oxygen atoms in total. The van der Waals surface area contributed by atoms with E-state index < -0.39 is 35.4 Å². The molecule has 1 aromatic carbocycles. The number of rotatable bonds is 3. The summed E-state index contributed by atoms with van der Waals surface area (Å²) in [5.41, 5.74) is -0.367. The molecule has 1 spiro atoms. The van der Waals surface area contributed by atoms with Crippen LogP contribution in [0.25, 0.3) is 0 Å². The molecular formula is C19H24N2O5. The Morgan fingerprint density at radius 2 is 1.77 bits per heavy atom. The first-order valence-corrected chi connectivity index (χ1v) is 8.81. The molecule has 0 unspecified atom stereocenters. The Labute approximate surface area is 152 Å². The molecule has 0 radical (unpaired) electrons. The van der Waals surface area contributed by atoms with E-state index >= 15 is 0 Å². The van der Waals surface area contributed by atoms with Gasteiger partial charge in [-0.3, -0.25) is 19.7 Å². The predicted octanol–water partition coefficient (Wildman–Crippen LogP) is 0.948. The molecule has 1 aromatic rings. The van der Waals surface area contributed by atoms with Crippen LogP contribution in [-0.2, 0) is 23.9 Å². The van der Waals surface area contributed by atoms with Crippen molar-refractivity contribution in [2.24, 2.45) is 11.8 Å². The SMILES string of the molecule is COC(=O)[C@@H]1[C@@H](c2ccccc2)N[C@]2(CCCCNC2=O)[C@H]1C(=O)OC. The number of nitrogens with one attached hydrogen (secondary N) is 2. The first-order chi connectivity index (χ1) is 12.5. The van der Waals surface area contributed by atoms with Gasteiger partial charge in [-0.05, 0) is 24.8 Å². The molecule has 0 saturated carbocycles. The van der Waals surface area contributed by atoms with Gasteiger partial charge in [0.15, 0.2) is 0 Å². The number of methoxy groups -OCH3 is 2. The van der Waals surface area contributed by atoms with Gasteiger partial charge < -0.3 is 14.8 Å². The summed E-state index contributed by atoms with van der Waals surface area (Å²) in [4.78, 5) is 38.3. The van der Waals surface area contributed by atoms with Gasteiger partial charge >= 0.3 is 11.9 Å². The average molecular weight is 360 g/mol. The van der Waals surface area contributed by atoms with Crippen LogP contribution in [0.15, 0.2) is 30.3 Å². The predicted molar refractivity (Wildman–Crippen MR) is 92.9 cm³/mol. The smallest absolute Gasteiger partial charge is 0.312 e. The number of carbonyl (C=O) groups excluding carboxylic acids is 3. The zero-order valence-electron chi connectivity index (χ0n) is 15.0. The van der Waals surface area contributed by atoms with E-state index in [1.807, 2.05) is 30.3 Å². The van der Waals surface area contributed by atoms with E-state index in [9.17, 15) is 14.4 Å². The van der Waals surface area contributed by atoms with E-state index in [1.54, 1.807) is 0 Å². The quantitative estimate of drug-likeness (QED) is 0.780. The van der Waals surface area contributed by atoms with Crippen LogP contribution >= 0.6 is 0 Å². The third-order valence-electron chi connectivity index (χ3n) is 5.44. The fraction of sp³-hybridized carbons (Fsp3) is 0.526. The molecule has 0 bridgehead atoms. The van der Waals surface area contributed by atoms with Crippen molar-refractivity contribution in [2.45, 2.75) is 30.8 Å². The standard InChI is InChI=1S/C19H24N2O5/c1-25-16(22)13-14(17(23)26-2)19(10-6-7-11-20-18(19)24)21-15(13)12-8-4-3-5-9-12/h3-5,8-9,13-15,21H,6-7,10-11H2,1-2H3,(H,20,24)/t13-,14+,15+,19+/m0/s1. The molecule has 140 valence electrons. The van der Waals surface area contributed by atoms with E-state index in [-0.39, 0.29) is 5.91 Å². The first kappa shape index (κ1) is 18.4. The summed E-state index contributed by atoms with van der Waals surface area (Å²) in [7, 11) is 2.56. The van der Waals surface area contributed by atoms with Crippen molar-refractivity contribution in [2.75, 3.05) is 20.8 Å². The minimum Gasteiger partial charge on any atom is -0.469 e. The molecular weight excluding hydrogens is 336 g/mol. The maximum absolute atomic E-state index is 13.0. The van der Waals surface area contributed by atoms with Gasteiger partial charge in [-0.25, -0.2) is 0 Å². The van der Waals surface area contributed by atoms with Crippen LogP contribution in [0.5, 0.6) is 0 Å². The Morgan fingerprint density at radius 3 is 2.42 bits per heavy atom. The summed E-state index contributed by atoms with van der Waals surface area (Å²) in [5.74, 6) is -3.18. The number of benzene rings is 1. The zero-order chi connectivity index (χ0) is 18.7. The van der Waals surface area contributed by atoms with Gasteiger partial charge in [-0.2, -0.15) is 0 Å². The van der Waals surface area contributed by atoms with Crippen LogP contribution in [0, 0.1) is 11.8 Å². The van der Waals surface area contributed by atoms with Gasteiger partial charge in [0, 0.05) is 12.6 Å². The van der Waals surface area contributed by atoms with Crippen molar-refractivity contribution in [1.82, 2.24) is 10.6 Å². The average Bonchev–Trinajstić information content (AvgIpc) is 2.92. The molecule has 7 heteroatoms. The Kier molecular flexibility index (Phi) is 5.27. The zero-order valence-corrected chi connectivity index (χ0v) is 15.0. The lowest BCUT2D eigenvalue weighted by Gasteiger charge is -2.32. The number of hydrogen-bond donors (Lipinski definition) is 2. The molecule has 2 aliphatic rings. The van der Waals surface area contributed by atoms with Crippen molar-refractivity contribution >= 4 is 17.8 Å². The topological polar surface area (TPSA) is 93.7 Å². The highest BCUT2D eigenvalue weighted by atomic mass is 16.5. The van der Waals surface area contributed by atoms with Gasteiger partial charge in [0.25, 0.3) is 0 Å². The molecule has 2 saturated heterocycles. The van der Waals surface area contributed by atoms with E-state index in [2.05, 4.69) is 10.6 Å². The van der Waals surface area contributed by atoms with E-state index in [0.717, 1.165) is 18.4 Å². The number of amides is 1. The lowest BCUT2D eigenvalue weighted by Crippen LogP contribution is -2.58. The third-order valence-corrected chi connectivity index (χ3v) is 5.44. The lowest BCUT2D eigenvalue weighted by molar-refractivity contribution is -0.160. The second-order valence-corrected chi connectivity index (χ2v) is 6.77. The Balaban J connectivity index is 2.13. The van der Waals surface area contributed by atoms with Gasteiger partial charge in [-0.15, -0.1) is 0 Å². The fourth-order valence-electron chi connectivity index (χ4n) is 4.23. The Bertz CT molecular complexity index is 692. The van der Waals surface area contributed by atoms with E-state index in [1.165, 1.54) is 14.2 Å². The van der Waals surface area contributed by atoms with Crippen LogP contribution in [0.4, 0.5) is 0 Å². The molecule has 0 aromatic heterocycles. The molecule has 0 aliphatic carbocycles. The Morgan fingerprint density at radius 1 is 1.08 bits per heavy atom. The molecule has 2 fully saturated rings. The van der Waals surface area contributed by atoms with Gasteiger partial charge in [-0.1, -0.05) is 30.3 Å². The number of carbonyl (C=O) groups is 3. The summed E-state index contributed by atoms with van der Waals surface area (Å²) in [6, 6.07) is 8.81. The monoisotopic (exact) mass is 360 g/mol. The molecule has 3 rings (SSSR count). The molecule has 2 heterocycles. The van der Waals surface area contributed by atoms with E-state index in [0.29, 0.717) is 13.0 Å². The number of ether oxygens (including phenoxy) is 2. The third kappa shape index (κ3) is 2.96. The summed E-state index contributed by atoms with van der Waals surface area (Å²) < 4.78 is 9.99. The van der Waals surface area contributed by atoms with E-state index in [4.69, 9.17) is 9.47 Å².